The summed E-state index contributed by atoms with van der Waals surface area (Å²) in [4.78, 5) is 16.2. The van der Waals surface area contributed by atoms with Crippen LogP contribution in [0.25, 0.3) is 10.9 Å². The van der Waals surface area contributed by atoms with Crippen LogP contribution in [-0.4, -0.2) is 30.8 Å². The van der Waals surface area contributed by atoms with Crippen LogP contribution in [0.3, 0.4) is 0 Å². The first-order chi connectivity index (χ1) is 13.1. The average Bonchev–Trinajstić information content (AvgIpc) is 2.67. The Labute approximate surface area is 165 Å². The minimum Gasteiger partial charge on any atom is -0.493 e. The Kier molecular flexibility index (Phi) is 6.11. The Morgan fingerprint density at radius 3 is 2.74 bits per heavy atom. The van der Waals surface area contributed by atoms with E-state index in [2.05, 4.69) is 15.5 Å². The van der Waals surface area contributed by atoms with Gasteiger partial charge in [0, 0.05) is 16.0 Å². The molecule has 1 amide bonds. The predicted octanol–water partition coefficient (Wildman–Crippen LogP) is 4.08. The molecule has 1 heterocycles. The number of carbonyl (C=O) groups is 1. The first-order valence-corrected chi connectivity index (χ1v) is 8.66. The second kappa shape index (κ2) is 8.70. The van der Waals surface area contributed by atoms with Gasteiger partial charge < -0.3 is 9.47 Å². The highest BCUT2D eigenvalue weighted by atomic mass is 35.5. The molecule has 0 atom stereocenters. The van der Waals surface area contributed by atoms with Gasteiger partial charge in [0.1, 0.15) is 5.15 Å². The Morgan fingerprint density at radius 1 is 1.19 bits per heavy atom. The molecule has 0 bridgehead atoms. The second-order valence-corrected chi connectivity index (χ2v) is 6.23. The number of rotatable bonds is 6. The molecule has 3 aromatic rings. The Bertz CT molecular complexity index is 1010. The highest BCUT2D eigenvalue weighted by Crippen LogP contribution is 2.25. The molecule has 2 aromatic carbocycles. The molecule has 0 unspecified atom stereocenters. The van der Waals surface area contributed by atoms with Crippen LogP contribution in [0.4, 0.5) is 0 Å². The smallest absolute Gasteiger partial charge is 0.277 e. The van der Waals surface area contributed by atoms with Gasteiger partial charge in [-0.05, 0) is 36.4 Å². The van der Waals surface area contributed by atoms with Crippen LogP contribution in [0.5, 0.6) is 11.5 Å². The van der Waals surface area contributed by atoms with Crippen LogP contribution < -0.4 is 14.9 Å². The standard InChI is InChI=1S/C19H15Cl2N3O3/c1-26-16-4-2-3-5-17(16)27-11-18(25)24-22-10-13-8-12-9-14(20)6-7-15(12)23-19(13)21/h2-10H,11H2,1H3,(H,24,25)/b22-10-. The summed E-state index contributed by atoms with van der Waals surface area (Å²) >= 11 is 12.1. The van der Waals surface area contributed by atoms with Crippen molar-refractivity contribution in [1.29, 1.82) is 0 Å². The van der Waals surface area contributed by atoms with Crippen molar-refractivity contribution in [1.82, 2.24) is 10.4 Å². The van der Waals surface area contributed by atoms with Crippen molar-refractivity contribution in [3.8, 4) is 11.5 Å². The number of benzene rings is 2. The van der Waals surface area contributed by atoms with E-state index in [4.69, 9.17) is 32.7 Å². The minimum atomic E-state index is -0.426. The summed E-state index contributed by atoms with van der Waals surface area (Å²) in [6.45, 7) is -0.211. The summed E-state index contributed by atoms with van der Waals surface area (Å²) < 4.78 is 10.6. The zero-order valence-corrected chi connectivity index (χ0v) is 15.8. The number of fused-ring (bicyclic) bond motifs is 1. The van der Waals surface area contributed by atoms with Gasteiger partial charge in [-0.3, -0.25) is 4.79 Å². The first kappa shape index (κ1) is 18.9. The lowest BCUT2D eigenvalue weighted by atomic mass is 10.2. The van der Waals surface area contributed by atoms with Crippen LogP contribution in [0.15, 0.2) is 53.6 Å². The molecule has 3 rings (SSSR count). The summed E-state index contributed by atoms with van der Waals surface area (Å²) in [6.07, 6.45) is 1.41. The Morgan fingerprint density at radius 2 is 1.96 bits per heavy atom. The van der Waals surface area contributed by atoms with E-state index in [-0.39, 0.29) is 11.8 Å². The molecule has 1 aromatic heterocycles. The number of pyridine rings is 1. The highest BCUT2D eigenvalue weighted by Gasteiger charge is 2.07. The van der Waals surface area contributed by atoms with Gasteiger partial charge in [0.2, 0.25) is 0 Å². The number of hydrogen-bond acceptors (Lipinski definition) is 5. The summed E-state index contributed by atoms with van der Waals surface area (Å²) in [6, 6.07) is 14.1. The van der Waals surface area contributed by atoms with E-state index in [0.717, 1.165) is 10.9 Å². The molecule has 0 aliphatic rings. The largest absolute Gasteiger partial charge is 0.493 e. The van der Waals surface area contributed by atoms with Crippen molar-refractivity contribution in [2.45, 2.75) is 0 Å². The Balaban J connectivity index is 1.62. The van der Waals surface area contributed by atoms with Crippen molar-refractivity contribution < 1.29 is 14.3 Å². The lowest BCUT2D eigenvalue weighted by Gasteiger charge is -2.09. The van der Waals surface area contributed by atoms with Gasteiger partial charge in [-0.15, -0.1) is 0 Å². The fraction of sp³-hybridized carbons (Fsp3) is 0.105. The lowest BCUT2D eigenvalue weighted by Crippen LogP contribution is -2.24. The number of hydrogen-bond donors (Lipinski definition) is 1. The molecule has 8 heteroatoms. The maximum absolute atomic E-state index is 11.9. The normalized spacial score (nSPS) is 10.9. The molecule has 0 radical (unpaired) electrons. The number of hydrazone groups is 1. The number of methoxy groups -OCH3 is 1. The van der Waals surface area contributed by atoms with Crippen LogP contribution in [0, 0.1) is 0 Å². The fourth-order valence-electron chi connectivity index (χ4n) is 2.32. The first-order valence-electron chi connectivity index (χ1n) is 7.90. The van der Waals surface area contributed by atoms with Crippen LogP contribution in [-0.2, 0) is 4.79 Å². The third-order valence-electron chi connectivity index (χ3n) is 3.58. The fourth-order valence-corrected chi connectivity index (χ4v) is 2.69. The van der Waals surface area contributed by atoms with E-state index in [1.807, 2.05) is 6.07 Å². The van der Waals surface area contributed by atoms with Gasteiger partial charge >= 0.3 is 0 Å². The zero-order valence-electron chi connectivity index (χ0n) is 14.3. The molecule has 0 fully saturated rings. The molecule has 1 N–H and O–H groups in total. The third kappa shape index (κ3) is 4.87. The second-order valence-electron chi connectivity index (χ2n) is 5.44. The number of aromatic nitrogens is 1. The SMILES string of the molecule is COc1ccccc1OCC(=O)N/N=C\c1cc2cc(Cl)ccc2nc1Cl. The van der Waals surface area contributed by atoms with Crippen molar-refractivity contribution in [2.75, 3.05) is 13.7 Å². The summed E-state index contributed by atoms with van der Waals surface area (Å²) in [5, 5.41) is 5.58. The number of amides is 1. The average molecular weight is 404 g/mol. The number of nitrogens with zero attached hydrogens (tertiary/aromatic N) is 2. The number of halogens is 2. The predicted molar refractivity (Wildman–Crippen MR) is 106 cm³/mol. The molecule has 0 spiro atoms. The lowest BCUT2D eigenvalue weighted by molar-refractivity contribution is -0.123. The van der Waals surface area contributed by atoms with Crippen molar-refractivity contribution in [2.24, 2.45) is 5.10 Å². The zero-order chi connectivity index (χ0) is 19.2. The number of carbonyl (C=O) groups excluding carboxylic acids is 1. The minimum absolute atomic E-state index is 0.211. The maximum Gasteiger partial charge on any atom is 0.277 e. The monoisotopic (exact) mass is 403 g/mol. The number of nitrogens with one attached hydrogen (secondary N) is 1. The van der Waals surface area contributed by atoms with E-state index in [9.17, 15) is 4.79 Å². The number of ether oxygens (including phenoxy) is 2. The molecule has 138 valence electrons. The maximum atomic E-state index is 11.9. The summed E-state index contributed by atoms with van der Waals surface area (Å²) in [5.41, 5.74) is 3.65. The van der Waals surface area contributed by atoms with Crippen LogP contribution in [0.2, 0.25) is 10.2 Å². The molecule has 0 aliphatic heterocycles. The van der Waals surface area contributed by atoms with Crippen molar-refractivity contribution >= 4 is 46.2 Å². The molecule has 0 aliphatic carbocycles. The van der Waals surface area contributed by atoms with Crippen LogP contribution in [0.1, 0.15) is 5.56 Å². The van der Waals surface area contributed by atoms with Crippen molar-refractivity contribution in [3.63, 3.8) is 0 Å². The summed E-state index contributed by atoms with van der Waals surface area (Å²) in [7, 11) is 1.53. The third-order valence-corrected chi connectivity index (χ3v) is 4.12. The van der Waals surface area contributed by atoms with Gasteiger partial charge in [0.15, 0.2) is 18.1 Å². The van der Waals surface area contributed by atoms with Gasteiger partial charge in [0.05, 0.1) is 18.8 Å². The molecular formula is C19H15Cl2N3O3. The van der Waals surface area contributed by atoms with Gasteiger partial charge in [0.25, 0.3) is 5.91 Å². The summed E-state index contributed by atoms with van der Waals surface area (Å²) in [5.74, 6) is 0.587. The molecule has 6 nitrogen and oxygen atoms in total. The van der Waals surface area contributed by atoms with Gasteiger partial charge in [-0.2, -0.15) is 5.10 Å². The quantitative estimate of drug-likeness (QED) is 0.382. The van der Waals surface area contributed by atoms with E-state index < -0.39 is 5.91 Å². The topological polar surface area (TPSA) is 72.8 Å². The van der Waals surface area contributed by atoms with Crippen LogP contribution >= 0.6 is 23.2 Å². The molecule has 0 saturated heterocycles. The van der Waals surface area contributed by atoms with Crippen molar-refractivity contribution in [3.05, 3.63) is 64.3 Å². The molecule has 0 saturated carbocycles. The molecule has 27 heavy (non-hydrogen) atoms. The van der Waals surface area contributed by atoms with E-state index in [0.29, 0.717) is 22.1 Å². The van der Waals surface area contributed by atoms with E-state index in [1.54, 1.807) is 42.5 Å². The van der Waals surface area contributed by atoms with Gasteiger partial charge in [-0.1, -0.05) is 35.3 Å². The van der Waals surface area contributed by atoms with Gasteiger partial charge in [-0.25, -0.2) is 10.4 Å². The highest BCUT2D eigenvalue weighted by molar-refractivity contribution is 6.33. The number of para-hydroxylation sites is 2. The Hall–Kier alpha value is -2.83. The molecular weight excluding hydrogens is 389 g/mol. The van der Waals surface area contributed by atoms with E-state index in [1.165, 1.54) is 13.3 Å². The van der Waals surface area contributed by atoms with E-state index >= 15 is 0 Å².